The summed E-state index contributed by atoms with van der Waals surface area (Å²) in [6, 6.07) is 9.87. The van der Waals surface area contributed by atoms with Gasteiger partial charge < -0.3 is 0 Å². The van der Waals surface area contributed by atoms with Crippen LogP contribution in [0.15, 0.2) is 63.8 Å². The van der Waals surface area contributed by atoms with Gasteiger partial charge in [0.1, 0.15) is 0 Å². The van der Waals surface area contributed by atoms with Crippen LogP contribution in [0.2, 0.25) is 0 Å². The Morgan fingerprint density at radius 3 is 2.78 bits per heavy atom. The lowest BCUT2D eigenvalue weighted by atomic mass is 10.2. The van der Waals surface area contributed by atoms with Crippen molar-refractivity contribution >= 4 is 28.9 Å². The Bertz CT molecular complexity index is 1150. The number of benzene rings is 1. The number of aromatic nitrogens is 4. The maximum Gasteiger partial charge on any atom is 0.329 e. The molecule has 0 bridgehead atoms. The van der Waals surface area contributed by atoms with Crippen molar-refractivity contribution in [1.29, 1.82) is 0 Å². The minimum atomic E-state index is -0.521. The maximum atomic E-state index is 12.2. The molecule has 0 unspecified atom stereocenters. The molecule has 0 aliphatic carbocycles. The number of nitrogens with zero attached hydrogens (tertiary/aromatic N) is 4. The molecule has 0 atom stereocenters. The molecule has 1 aromatic carbocycles. The summed E-state index contributed by atoms with van der Waals surface area (Å²) in [5.74, 6) is 0.351. The number of anilines is 1. The Labute approximate surface area is 155 Å². The fourth-order valence-electron chi connectivity index (χ4n) is 2.58. The number of fused-ring (bicyclic) bond motifs is 1. The van der Waals surface area contributed by atoms with Crippen LogP contribution in [0.3, 0.4) is 0 Å². The van der Waals surface area contributed by atoms with Gasteiger partial charge in [0.15, 0.2) is 11.2 Å². The second kappa shape index (κ2) is 7.69. The standard InChI is InChI=1S/C19H20N6O2/c1-4-12-25-15-16(24(3)19(27)21-17(15)26)20-18(25)23-22-13(2)10-11-14-8-6-5-7-9-14/h4-11H,1,12H2,2-3H3,(H,20,23)(H,21,26,27). The van der Waals surface area contributed by atoms with Gasteiger partial charge >= 0.3 is 5.69 Å². The Morgan fingerprint density at radius 2 is 2.07 bits per heavy atom. The summed E-state index contributed by atoms with van der Waals surface area (Å²) in [7, 11) is 1.55. The molecule has 138 valence electrons. The summed E-state index contributed by atoms with van der Waals surface area (Å²) in [6.07, 6.45) is 5.45. The van der Waals surface area contributed by atoms with Crippen LogP contribution in [0.4, 0.5) is 5.95 Å². The van der Waals surface area contributed by atoms with Crippen molar-refractivity contribution in [1.82, 2.24) is 19.1 Å². The lowest BCUT2D eigenvalue weighted by molar-refractivity contribution is 0.819. The number of hydrazone groups is 1. The van der Waals surface area contributed by atoms with Crippen molar-refractivity contribution in [2.24, 2.45) is 12.1 Å². The lowest BCUT2D eigenvalue weighted by Crippen LogP contribution is -2.29. The highest BCUT2D eigenvalue weighted by atomic mass is 16.2. The van der Waals surface area contributed by atoms with Crippen molar-refractivity contribution in [2.75, 3.05) is 5.43 Å². The van der Waals surface area contributed by atoms with Crippen LogP contribution in [0, 0.1) is 0 Å². The summed E-state index contributed by atoms with van der Waals surface area (Å²) in [5, 5.41) is 4.29. The van der Waals surface area contributed by atoms with Gasteiger partial charge in [0.25, 0.3) is 5.56 Å². The molecule has 0 aliphatic rings. The van der Waals surface area contributed by atoms with E-state index in [1.807, 2.05) is 49.4 Å². The van der Waals surface area contributed by atoms with E-state index in [9.17, 15) is 9.59 Å². The van der Waals surface area contributed by atoms with Gasteiger partial charge in [0.2, 0.25) is 5.95 Å². The quantitative estimate of drug-likeness (QED) is 0.398. The van der Waals surface area contributed by atoms with Gasteiger partial charge in [-0.05, 0) is 18.6 Å². The molecule has 0 radical (unpaired) electrons. The van der Waals surface area contributed by atoms with Gasteiger partial charge in [-0.25, -0.2) is 10.2 Å². The van der Waals surface area contributed by atoms with Crippen molar-refractivity contribution in [3.8, 4) is 0 Å². The molecule has 3 rings (SSSR count). The van der Waals surface area contributed by atoms with Crippen LogP contribution >= 0.6 is 0 Å². The van der Waals surface area contributed by atoms with E-state index < -0.39 is 11.2 Å². The predicted molar refractivity (Wildman–Crippen MR) is 108 cm³/mol. The largest absolute Gasteiger partial charge is 0.329 e. The first-order valence-electron chi connectivity index (χ1n) is 8.35. The minimum absolute atomic E-state index is 0.279. The normalized spacial score (nSPS) is 12.0. The van der Waals surface area contributed by atoms with E-state index in [1.165, 1.54) is 4.57 Å². The number of hydrogen-bond donors (Lipinski definition) is 2. The van der Waals surface area contributed by atoms with Crippen LogP contribution in [-0.2, 0) is 13.6 Å². The highest BCUT2D eigenvalue weighted by Gasteiger charge is 2.16. The molecule has 0 spiro atoms. The molecule has 2 heterocycles. The average Bonchev–Trinajstić information content (AvgIpc) is 3.03. The van der Waals surface area contributed by atoms with Crippen LogP contribution in [-0.4, -0.2) is 24.8 Å². The van der Waals surface area contributed by atoms with Crippen LogP contribution in [0.25, 0.3) is 17.2 Å². The molecule has 8 heteroatoms. The lowest BCUT2D eigenvalue weighted by Gasteiger charge is -2.05. The monoisotopic (exact) mass is 364 g/mol. The van der Waals surface area contributed by atoms with Gasteiger partial charge in [-0.2, -0.15) is 10.1 Å². The third kappa shape index (κ3) is 3.79. The SMILES string of the molecule is C=CCn1c(NN=C(C)C=Cc2ccccc2)nc2c1c(=O)[nH]c(=O)n2C. The zero-order chi connectivity index (χ0) is 19.4. The number of nitrogens with one attached hydrogen (secondary N) is 2. The van der Waals surface area contributed by atoms with E-state index in [1.54, 1.807) is 17.7 Å². The second-order valence-corrected chi connectivity index (χ2v) is 5.93. The third-order valence-electron chi connectivity index (χ3n) is 3.97. The van der Waals surface area contributed by atoms with Crippen LogP contribution in [0.5, 0.6) is 0 Å². The number of rotatable bonds is 6. The maximum absolute atomic E-state index is 12.2. The van der Waals surface area contributed by atoms with Crippen molar-refractivity contribution < 1.29 is 0 Å². The fourth-order valence-corrected chi connectivity index (χ4v) is 2.58. The van der Waals surface area contributed by atoms with Gasteiger partial charge in [-0.15, -0.1) is 6.58 Å². The van der Waals surface area contributed by atoms with Gasteiger partial charge in [-0.1, -0.05) is 42.5 Å². The van der Waals surface area contributed by atoms with Crippen molar-refractivity contribution in [3.63, 3.8) is 0 Å². The molecule has 0 saturated carbocycles. The Balaban J connectivity index is 1.95. The first kappa shape index (κ1) is 18.1. The number of hydrogen-bond acceptors (Lipinski definition) is 5. The van der Waals surface area contributed by atoms with E-state index >= 15 is 0 Å². The van der Waals surface area contributed by atoms with Crippen molar-refractivity contribution in [3.05, 3.63) is 75.5 Å². The number of aromatic amines is 1. The molecule has 0 fully saturated rings. The topological polar surface area (TPSA) is 97.1 Å². The number of imidazole rings is 1. The average molecular weight is 364 g/mol. The molecule has 0 aliphatic heterocycles. The summed E-state index contributed by atoms with van der Waals surface area (Å²) < 4.78 is 2.91. The molecule has 2 N–H and O–H groups in total. The fraction of sp³-hybridized carbons (Fsp3) is 0.158. The molecule has 3 aromatic rings. The van der Waals surface area contributed by atoms with Crippen LogP contribution in [0.1, 0.15) is 12.5 Å². The predicted octanol–water partition coefficient (Wildman–Crippen LogP) is 2.11. The van der Waals surface area contributed by atoms with Gasteiger partial charge in [0.05, 0.1) is 5.71 Å². The third-order valence-corrected chi connectivity index (χ3v) is 3.97. The van der Waals surface area contributed by atoms with Crippen molar-refractivity contribution in [2.45, 2.75) is 13.5 Å². The molecule has 27 heavy (non-hydrogen) atoms. The number of aryl methyl sites for hydroxylation is 1. The number of allylic oxidation sites excluding steroid dienone is 2. The first-order chi connectivity index (χ1) is 13.0. The smallest absolute Gasteiger partial charge is 0.299 e. The second-order valence-electron chi connectivity index (χ2n) is 5.93. The zero-order valence-electron chi connectivity index (χ0n) is 15.1. The Kier molecular flexibility index (Phi) is 5.16. The van der Waals surface area contributed by atoms with E-state index in [2.05, 4.69) is 27.1 Å². The molecule has 0 saturated heterocycles. The van der Waals surface area contributed by atoms with Gasteiger partial charge in [-0.3, -0.25) is 18.9 Å². The summed E-state index contributed by atoms with van der Waals surface area (Å²) in [4.78, 5) is 30.7. The summed E-state index contributed by atoms with van der Waals surface area (Å²) in [6.45, 7) is 5.89. The van der Waals surface area contributed by atoms with Gasteiger partial charge in [0, 0.05) is 13.6 Å². The van der Waals surface area contributed by atoms with Crippen LogP contribution < -0.4 is 16.7 Å². The zero-order valence-corrected chi connectivity index (χ0v) is 15.1. The molecule has 8 nitrogen and oxygen atoms in total. The highest BCUT2D eigenvalue weighted by Crippen LogP contribution is 2.15. The van der Waals surface area contributed by atoms with E-state index in [0.29, 0.717) is 12.5 Å². The minimum Gasteiger partial charge on any atom is -0.299 e. The first-order valence-corrected chi connectivity index (χ1v) is 8.35. The van der Waals surface area contributed by atoms with E-state index in [4.69, 9.17) is 0 Å². The molecule has 0 amide bonds. The summed E-state index contributed by atoms with van der Waals surface area (Å²) in [5.41, 5.74) is 4.20. The Hall–Kier alpha value is -3.68. The Morgan fingerprint density at radius 1 is 1.33 bits per heavy atom. The highest BCUT2D eigenvalue weighted by molar-refractivity contribution is 5.96. The summed E-state index contributed by atoms with van der Waals surface area (Å²) >= 11 is 0. The molecular formula is C19H20N6O2. The van der Waals surface area contributed by atoms with E-state index in [0.717, 1.165) is 11.3 Å². The molecule has 2 aromatic heterocycles. The number of H-pyrrole nitrogens is 1. The molecular weight excluding hydrogens is 344 g/mol. The van der Waals surface area contributed by atoms with E-state index in [-0.39, 0.29) is 11.2 Å².